The Morgan fingerprint density at radius 2 is 1.88 bits per heavy atom. The number of nitrogens with two attached hydrogens (primary N) is 1. The summed E-state index contributed by atoms with van der Waals surface area (Å²) < 4.78 is 18.5. The molecule has 32 heavy (non-hydrogen) atoms. The monoisotopic (exact) mass is 438 g/mol. The minimum Gasteiger partial charge on any atom is -0.491 e. The van der Waals surface area contributed by atoms with Crippen LogP contribution in [0.25, 0.3) is 0 Å². The molecule has 5 nitrogen and oxygen atoms in total. The summed E-state index contributed by atoms with van der Waals surface area (Å²) in [6, 6.07) is 13.0. The molecule has 0 saturated carbocycles. The van der Waals surface area contributed by atoms with Crippen molar-refractivity contribution in [2.24, 2.45) is 5.73 Å². The van der Waals surface area contributed by atoms with Crippen LogP contribution in [0.15, 0.2) is 36.4 Å². The predicted molar refractivity (Wildman–Crippen MR) is 128 cm³/mol. The highest BCUT2D eigenvalue weighted by atomic mass is 16.5. The summed E-state index contributed by atoms with van der Waals surface area (Å²) in [5, 5.41) is 0. The highest BCUT2D eigenvalue weighted by Gasteiger charge is 2.41. The number of hydrogen-bond donors (Lipinski definition) is 1. The lowest BCUT2D eigenvalue weighted by molar-refractivity contribution is -0.0874. The summed E-state index contributed by atoms with van der Waals surface area (Å²) in [6.07, 6.45) is 5.33. The number of likely N-dealkylation sites (tertiary alicyclic amines) is 1. The Bertz CT molecular complexity index is 919. The lowest BCUT2D eigenvalue weighted by Crippen LogP contribution is -2.50. The molecular weight excluding hydrogens is 400 g/mol. The van der Waals surface area contributed by atoms with Gasteiger partial charge < -0.3 is 19.9 Å². The third-order valence-electron chi connectivity index (χ3n) is 6.93. The molecule has 0 aromatic heterocycles. The number of ether oxygens (including phenoxy) is 3. The van der Waals surface area contributed by atoms with E-state index in [-0.39, 0.29) is 17.9 Å². The van der Waals surface area contributed by atoms with Gasteiger partial charge in [0.2, 0.25) is 0 Å². The van der Waals surface area contributed by atoms with Gasteiger partial charge in [0.05, 0.1) is 6.10 Å². The summed E-state index contributed by atoms with van der Waals surface area (Å²) in [5.74, 6) is 1.94. The van der Waals surface area contributed by atoms with Crippen LogP contribution < -0.4 is 15.2 Å². The lowest BCUT2D eigenvalue weighted by atomic mass is 9.82. The van der Waals surface area contributed by atoms with Gasteiger partial charge in [0, 0.05) is 32.3 Å². The van der Waals surface area contributed by atoms with E-state index in [9.17, 15) is 0 Å². The Hall–Kier alpha value is -2.08. The van der Waals surface area contributed by atoms with E-state index in [4.69, 9.17) is 19.9 Å². The Morgan fingerprint density at radius 3 is 2.53 bits per heavy atom. The maximum Gasteiger partial charge on any atom is 0.136 e. The van der Waals surface area contributed by atoms with Crippen LogP contribution in [0.1, 0.15) is 68.5 Å². The molecule has 174 valence electrons. The van der Waals surface area contributed by atoms with Crippen molar-refractivity contribution in [3.8, 4) is 11.5 Å². The summed E-state index contributed by atoms with van der Waals surface area (Å²) in [5.41, 5.74) is 10.9. The molecule has 5 heteroatoms. The maximum atomic E-state index is 6.62. The molecule has 2 aromatic carbocycles. The number of methoxy groups -OCH3 is 1. The fourth-order valence-corrected chi connectivity index (χ4v) is 5.09. The van der Waals surface area contributed by atoms with Gasteiger partial charge in [-0.1, -0.05) is 25.1 Å². The largest absolute Gasteiger partial charge is 0.491 e. The van der Waals surface area contributed by atoms with Gasteiger partial charge in [-0.2, -0.15) is 0 Å². The topological polar surface area (TPSA) is 57.0 Å². The SMILES string of the molecule is CCc1ccc2c(c1)CCC1(CCN(C(OC)c3ccc(OC(C)C)c(CN)c3)CC1)O2. The molecule has 2 N–H and O–H groups in total. The minimum absolute atomic E-state index is 0.0487. The van der Waals surface area contributed by atoms with Gasteiger partial charge in [0.25, 0.3) is 0 Å². The first-order chi connectivity index (χ1) is 15.5. The van der Waals surface area contributed by atoms with E-state index >= 15 is 0 Å². The van der Waals surface area contributed by atoms with Crippen molar-refractivity contribution in [2.75, 3.05) is 20.2 Å². The minimum atomic E-state index is -0.0891. The Kier molecular flexibility index (Phi) is 7.08. The lowest BCUT2D eigenvalue weighted by Gasteiger charge is -2.46. The molecule has 1 saturated heterocycles. The van der Waals surface area contributed by atoms with Crippen molar-refractivity contribution >= 4 is 0 Å². The Balaban J connectivity index is 1.45. The van der Waals surface area contributed by atoms with Crippen molar-refractivity contribution in [1.82, 2.24) is 4.90 Å². The highest BCUT2D eigenvalue weighted by Crippen LogP contribution is 2.41. The molecule has 1 spiro atoms. The second-order valence-electron chi connectivity index (χ2n) is 9.44. The zero-order chi connectivity index (χ0) is 22.7. The second-order valence-corrected chi connectivity index (χ2v) is 9.44. The molecular formula is C27H38N2O3. The summed E-state index contributed by atoms with van der Waals surface area (Å²) in [4.78, 5) is 2.42. The third-order valence-corrected chi connectivity index (χ3v) is 6.93. The molecule has 1 atom stereocenters. The van der Waals surface area contributed by atoms with E-state index in [1.54, 1.807) is 7.11 Å². The quantitative estimate of drug-likeness (QED) is 0.659. The average Bonchev–Trinajstić information content (AvgIpc) is 2.81. The van der Waals surface area contributed by atoms with Crippen LogP contribution in [0.2, 0.25) is 0 Å². The van der Waals surface area contributed by atoms with Crippen LogP contribution in [-0.2, 0) is 24.1 Å². The van der Waals surface area contributed by atoms with Gasteiger partial charge in [0.15, 0.2) is 0 Å². The fraction of sp³-hybridized carbons (Fsp3) is 0.556. The molecule has 0 aliphatic carbocycles. The fourth-order valence-electron chi connectivity index (χ4n) is 5.09. The predicted octanol–water partition coefficient (Wildman–Crippen LogP) is 5.00. The first-order valence-corrected chi connectivity index (χ1v) is 12.0. The van der Waals surface area contributed by atoms with Crippen LogP contribution in [0.3, 0.4) is 0 Å². The Labute approximate surface area is 192 Å². The number of benzene rings is 2. The average molecular weight is 439 g/mol. The van der Waals surface area contributed by atoms with E-state index in [2.05, 4.69) is 42.2 Å². The van der Waals surface area contributed by atoms with Crippen molar-refractivity contribution in [1.29, 1.82) is 0 Å². The number of hydrogen-bond acceptors (Lipinski definition) is 5. The van der Waals surface area contributed by atoms with Crippen LogP contribution in [0.5, 0.6) is 11.5 Å². The molecule has 2 aliphatic rings. The number of aryl methyl sites for hydroxylation is 2. The van der Waals surface area contributed by atoms with Crippen molar-refractivity contribution in [3.05, 3.63) is 58.7 Å². The molecule has 2 aliphatic heterocycles. The molecule has 0 amide bonds. The van der Waals surface area contributed by atoms with Gasteiger partial charge in [-0.25, -0.2) is 0 Å². The van der Waals surface area contributed by atoms with Crippen molar-refractivity contribution < 1.29 is 14.2 Å². The number of nitrogens with zero attached hydrogens (tertiary/aromatic N) is 1. The normalized spacial score (nSPS) is 18.9. The summed E-state index contributed by atoms with van der Waals surface area (Å²) in [7, 11) is 1.79. The van der Waals surface area contributed by atoms with Crippen LogP contribution in [0, 0.1) is 0 Å². The van der Waals surface area contributed by atoms with Gasteiger partial charge in [0.1, 0.15) is 23.3 Å². The number of rotatable bonds is 7. The molecule has 0 radical (unpaired) electrons. The van der Waals surface area contributed by atoms with Crippen molar-refractivity contribution in [3.63, 3.8) is 0 Å². The summed E-state index contributed by atoms with van der Waals surface area (Å²) in [6.45, 7) is 8.61. The molecule has 2 heterocycles. The van der Waals surface area contributed by atoms with E-state index in [0.29, 0.717) is 6.54 Å². The van der Waals surface area contributed by atoms with Crippen LogP contribution in [0.4, 0.5) is 0 Å². The van der Waals surface area contributed by atoms with Gasteiger partial charge >= 0.3 is 0 Å². The number of fused-ring (bicyclic) bond motifs is 1. The third kappa shape index (κ3) is 4.80. The van der Waals surface area contributed by atoms with Gasteiger partial charge in [-0.3, -0.25) is 4.90 Å². The zero-order valence-corrected chi connectivity index (χ0v) is 20.0. The standard InChI is InChI=1S/C27H38N2O3/c1-5-20-6-8-25-21(16-20)10-11-27(32-25)12-14-29(15-13-27)26(30-4)22-7-9-24(31-19(2)3)23(17-22)18-28/h6-9,16-17,19,26H,5,10-15,18,28H2,1-4H3. The van der Waals surface area contributed by atoms with E-state index < -0.39 is 0 Å². The molecule has 4 rings (SSSR count). The van der Waals surface area contributed by atoms with E-state index in [1.807, 2.05) is 19.9 Å². The Morgan fingerprint density at radius 1 is 1.09 bits per heavy atom. The number of piperidine rings is 1. The summed E-state index contributed by atoms with van der Waals surface area (Å²) >= 11 is 0. The highest BCUT2D eigenvalue weighted by molar-refractivity contribution is 5.40. The smallest absolute Gasteiger partial charge is 0.136 e. The molecule has 2 aromatic rings. The second kappa shape index (κ2) is 9.82. The first kappa shape index (κ1) is 23.1. The first-order valence-electron chi connectivity index (χ1n) is 12.0. The van der Waals surface area contributed by atoms with E-state index in [0.717, 1.165) is 67.8 Å². The van der Waals surface area contributed by atoms with Crippen LogP contribution in [-0.4, -0.2) is 36.8 Å². The molecule has 0 bridgehead atoms. The van der Waals surface area contributed by atoms with Crippen molar-refractivity contribution in [2.45, 2.75) is 77.4 Å². The maximum absolute atomic E-state index is 6.62. The van der Waals surface area contributed by atoms with Crippen LogP contribution >= 0.6 is 0 Å². The molecule has 1 unspecified atom stereocenters. The van der Waals surface area contributed by atoms with Gasteiger partial charge in [-0.05, 0) is 80.8 Å². The molecule has 1 fully saturated rings. The van der Waals surface area contributed by atoms with Gasteiger partial charge in [-0.15, -0.1) is 0 Å². The zero-order valence-electron chi connectivity index (χ0n) is 20.0. The van der Waals surface area contributed by atoms with E-state index in [1.165, 1.54) is 11.1 Å².